The predicted molar refractivity (Wildman–Crippen MR) is 73.7 cm³/mol. The molecule has 0 spiro atoms. The molecule has 3 heteroatoms. The zero-order valence-corrected chi connectivity index (χ0v) is 11.4. The smallest absolute Gasteiger partial charge is 0.0406 e. The van der Waals surface area contributed by atoms with Crippen molar-refractivity contribution in [3.8, 4) is 0 Å². The summed E-state index contributed by atoms with van der Waals surface area (Å²) in [5.74, 6) is 0. The van der Waals surface area contributed by atoms with Crippen LogP contribution < -0.4 is 5.32 Å². The summed E-state index contributed by atoms with van der Waals surface area (Å²) in [6.07, 6.45) is 1.10. The quantitative estimate of drug-likeness (QED) is 0.890. The van der Waals surface area contributed by atoms with Gasteiger partial charge in [-0.25, -0.2) is 0 Å². The molecule has 0 amide bonds. The minimum atomic E-state index is 0.269. The maximum Gasteiger partial charge on any atom is 0.0406 e. The van der Waals surface area contributed by atoms with Crippen LogP contribution in [-0.2, 0) is 6.42 Å². The Labute approximate surface area is 109 Å². The minimum Gasteiger partial charge on any atom is -0.314 e. The fraction of sp³-hybridized carbons (Fsp3) is 0.571. The van der Waals surface area contributed by atoms with Crippen molar-refractivity contribution in [3.05, 3.63) is 34.9 Å². The van der Waals surface area contributed by atoms with Gasteiger partial charge in [0.2, 0.25) is 0 Å². The van der Waals surface area contributed by atoms with E-state index in [1.54, 1.807) is 0 Å². The second kappa shape index (κ2) is 5.38. The van der Waals surface area contributed by atoms with E-state index in [9.17, 15) is 0 Å². The fourth-order valence-electron chi connectivity index (χ4n) is 2.35. The van der Waals surface area contributed by atoms with Gasteiger partial charge < -0.3 is 5.32 Å². The largest absolute Gasteiger partial charge is 0.314 e. The number of piperazine rings is 1. The zero-order chi connectivity index (χ0) is 12.3. The molecule has 1 fully saturated rings. The van der Waals surface area contributed by atoms with Crippen molar-refractivity contribution in [1.29, 1.82) is 0 Å². The molecule has 0 aromatic heterocycles. The van der Waals surface area contributed by atoms with E-state index >= 15 is 0 Å². The molecule has 1 aliphatic heterocycles. The Morgan fingerprint density at radius 1 is 1.29 bits per heavy atom. The van der Waals surface area contributed by atoms with Crippen LogP contribution in [0.1, 0.15) is 19.4 Å². The lowest BCUT2D eigenvalue weighted by molar-refractivity contribution is 0.0921. The van der Waals surface area contributed by atoms with E-state index in [-0.39, 0.29) is 5.54 Å². The summed E-state index contributed by atoms with van der Waals surface area (Å²) in [5, 5.41) is 4.27. The number of hydrogen-bond donors (Lipinski definition) is 1. The second-order valence-electron chi connectivity index (χ2n) is 5.35. The van der Waals surface area contributed by atoms with Crippen LogP contribution in [0.3, 0.4) is 0 Å². The number of nitrogens with one attached hydrogen (secondary N) is 1. The van der Waals surface area contributed by atoms with Gasteiger partial charge in [-0.15, -0.1) is 0 Å². The van der Waals surface area contributed by atoms with Gasteiger partial charge in [-0.2, -0.15) is 0 Å². The maximum atomic E-state index is 5.89. The third kappa shape index (κ3) is 3.44. The summed E-state index contributed by atoms with van der Waals surface area (Å²) in [7, 11) is 0. The van der Waals surface area contributed by atoms with E-state index in [1.807, 2.05) is 12.1 Å². The summed E-state index contributed by atoms with van der Waals surface area (Å²) in [6, 6.07) is 8.19. The monoisotopic (exact) mass is 252 g/mol. The Kier molecular flexibility index (Phi) is 4.08. The molecule has 0 radical (unpaired) electrons. The Morgan fingerprint density at radius 2 is 2.00 bits per heavy atom. The van der Waals surface area contributed by atoms with Crippen molar-refractivity contribution in [1.82, 2.24) is 10.2 Å². The first kappa shape index (κ1) is 12.9. The average molecular weight is 253 g/mol. The Hall–Kier alpha value is -0.570. The van der Waals surface area contributed by atoms with Gasteiger partial charge in [0.05, 0.1) is 0 Å². The van der Waals surface area contributed by atoms with Crippen LogP contribution in [0.5, 0.6) is 0 Å². The van der Waals surface area contributed by atoms with Crippen molar-refractivity contribution < 1.29 is 0 Å². The SMILES string of the molecule is CC1(C)CNCCN1CCc1ccc(Cl)cc1. The number of nitrogens with zero attached hydrogens (tertiary/aromatic N) is 1. The molecule has 2 rings (SSSR count). The number of halogens is 1. The third-order valence-corrected chi connectivity index (χ3v) is 3.81. The first-order valence-corrected chi connectivity index (χ1v) is 6.66. The lowest BCUT2D eigenvalue weighted by Gasteiger charge is -2.43. The van der Waals surface area contributed by atoms with Crippen LogP contribution in [0.2, 0.25) is 5.02 Å². The standard InChI is InChI=1S/C14H21ClN2/c1-14(2)11-16-8-10-17(14)9-7-12-3-5-13(15)6-4-12/h3-6,16H,7-11H2,1-2H3. The van der Waals surface area contributed by atoms with Crippen molar-refractivity contribution in [2.75, 3.05) is 26.2 Å². The number of hydrogen-bond acceptors (Lipinski definition) is 2. The molecule has 1 heterocycles. The van der Waals surface area contributed by atoms with Gasteiger partial charge in [0.1, 0.15) is 0 Å². The molecule has 1 aromatic carbocycles. The molecule has 1 aliphatic rings. The molecule has 1 N–H and O–H groups in total. The lowest BCUT2D eigenvalue weighted by Crippen LogP contribution is -2.58. The van der Waals surface area contributed by atoms with Crippen molar-refractivity contribution in [3.63, 3.8) is 0 Å². The van der Waals surface area contributed by atoms with E-state index in [1.165, 1.54) is 5.56 Å². The molecule has 1 aromatic rings. The van der Waals surface area contributed by atoms with Crippen molar-refractivity contribution in [2.45, 2.75) is 25.8 Å². The minimum absolute atomic E-state index is 0.269. The van der Waals surface area contributed by atoms with E-state index in [4.69, 9.17) is 11.6 Å². The second-order valence-corrected chi connectivity index (χ2v) is 5.79. The predicted octanol–water partition coefficient (Wildman–Crippen LogP) is 2.57. The summed E-state index contributed by atoms with van der Waals surface area (Å²) in [4.78, 5) is 2.57. The highest BCUT2D eigenvalue weighted by Gasteiger charge is 2.28. The molecule has 17 heavy (non-hydrogen) atoms. The Balaban J connectivity index is 1.91. The van der Waals surface area contributed by atoms with Gasteiger partial charge in [0, 0.05) is 36.7 Å². The van der Waals surface area contributed by atoms with Crippen LogP contribution in [0.25, 0.3) is 0 Å². The van der Waals surface area contributed by atoms with Gasteiger partial charge in [0.25, 0.3) is 0 Å². The van der Waals surface area contributed by atoms with Crippen LogP contribution in [0.15, 0.2) is 24.3 Å². The molecule has 0 unspecified atom stereocenters. The van der Waals surface area contributed by atoms with Crippen LogP contribution in [0.4, 0.5) is 0 Å². The molecular weight excluding hydrogens is 232 g/mol. The van der Waals surface area contributed by atoms with Gasteiger partial charge in [-0.1, -0.05) is 23.7 Å². The van der Waals surface area contributed by atoms with Crippen LogP contribution >= 0.6 is 11.6 Å². The van der Waals surface area contributed by atoms with E-state index in [0.29, 0.717) is 0 Å². The molecule has 0 bridgehead atoms. The maximum absolute atomic E-state index is 5.89. The van der Waals surface area contributed by atoms with E-state index in [2.05, 4.69) is 36.2 Å². The first-order valence-electron chi connectivity index (χ1n) is 6.28. The van der Waals surface area contributed by atoms with Crippen molar-refractivity contribution >= 4 is 11.6 Å². The molecule has 94 valence electrons. The van der Waals surface area contributed by atoms with Gasteiger partial charge in [-0.05, 0) is 38.0 Å². The highest BCUT2D eigenvalue weighted by atomic mass is 35.5. The van der Waals surface area contributed by atoms with E-state index < -0.39 is 0 Å². The number of rotatable bonds is 3. The van der Waals surface area contributed by atoms with Crippen molar-refractivity contribution in [2.24, 2.45) is 0 Å². The average Bonchev–Trinajstić information content (AvgIpc) is 2.29. The molecule has 0 aliphatic carbocycles. The molecule has 1 saturated heterocycles. The Bertz CT molecular complexity index is 359. The topological polar surface area (TPSA) is 15.3 Å². The summed E-state index contributed by atoms with van der Waals surface area (Å²) in [5.41, 5.74) is 1.63. The Morgan fingerprint density at radius 3 is 2.65 bits per heavy atom. The molecule has 0 atom stereocenters. The molecular formula is C14H21ClN2. The highest BCUT2D eigenvalue weighted by Crippen LogP contribution is 2.17. The lowest BCUT2D eigenvalue weighted by atomic mass is 9.99. The summed E-state index contributed by atoms with van der Waals surface area (Å²) < 4.78 is 0. The summed E-state index contributed by atoms with van der Waals surface area (Å²) >= 11 is 5.89. The van der Waals surface area contributed by atoms with Gasteiger partial charge >= 0.3 is 0 Å². The third-order valence-electron chi connectivity index (χ3n) is 3.56. The normalized spacial score (nSPS) is 20.4. The summed E-state index contributed by atoms with van der Waals surface area (Å²) in [6.45, 7) is 9.05. The van der Waals surface area contributed by atoms with Gasteiger partial charge in [0.15, 0.2) is 0 Å². The van der Waals surface area contributed by atoms with Crippen LogP contribution in [-0.4, -0.2) is 36.6 Å². The van der Waals surface area contributed by atoms with Gasteiger partial charge in [-0.3, -0.25) is 4.90 Å². The highest BCUT2D eigenvalue weighted by molar-refractivity contribution is 6.30. The molecule has 0 saturated carbocycles. The number of benzene rings is 1. The van der Waals surface area contributed by atoms with Crippen LogP contribution in [0, 0.1) is 0 Å². The molecule has 2 nitrogen and oxygen atoms in total. The fourth-order valence-corrected chi connectivity index (χ4v) is 2.48. The first-order chi connectivity index (χ1) is 8.08. The zero-order valence-electron chi connectivity index (χ0n) is 10.7. The van der Waals surface area contributed by atoms with E-state index in [0.717, 1.165) is 37.6 Å².